The quantitative estimate of drug-likeness (QED) is 0.285. The van der Waals surface area contributed by atoms with Crippen molar-refractivity contribution in [2.75, 3.05) is 13.1 Å². The fourth-order valence-electron chi connectivity index (χ4n) is 5.25. The van der Waals surface area contributed by atoms with Gasteiger partial charge in [-0.1, -0.05) is 48.5 Å². The van der Waals surface area contributed by atoms with Crippen LogP contribution in [0.3, 0.4) is 0 Å². The van der Waals surface area contributed by atoms with Crippen molar-refractivity contribution in [2.45, 2.75) is 94.9 Å². The summed E-state index contributed by atoms with van der Waals surface area (Å²) >= 11 is 0. The lowest BCUT2D eigenvalue weighted by molar-refractivity contribution is -0.167. The molecule has 8 heteroatoms. The predicted molar refractivity (Wildman–Crippen MR) is 137 cm³/mol. The molecule has 0 heterocycles. The molecule has 0 atom stereocenters. The summed E-state index contributed by atoms with van der Waals surface area (Å²) in [6, 6.07) is 16.6. The van der Waals surface area contributed by atoms with Crippen molar-refractivity contribution in [3.05, 3.63) is 70.8 Å². The van der Waals surface area contributed by atoms with E-state index in [-0.39, 0.29) is 36.8 Å². The summed E-state index contributed by atoms with van der Waals surface area (Å²) in [4.78, 5) is 2.34. The van der Waals surface area contributed by atoms with Crippen LogP contribution in [-0.2, 0) is 23.7 Å². The minimum absolute atomic E-state index is 0.137. The Morgan fingerprint density at radius 3 is 1.79 bits per heavy atom. The number of hydrogen-bond acceptors (Lipinski definition) is 2. The van der Waals surface area contributed by atoms with Gasteiger partial charge in [-0.15, -0.1) is 0 Å². The average molecular weight is 539 g/mol. The highest BCUT2D eigenvalue weighted by Gasteiger charge is 2.70. The van der Waals surface area contributed by atoms with Crippen molar-refractivity contribution in [1.82, 2.24) is 4.90 Å². The maximum atomic E-state index is 14.0. The highest BCUT2D eigenvalue weighted by Crippen LogP contribution is 2.66. The van der Waals surface area contributed by atoms with E-state index < -0.39 is 23.2 Å². The first-order valence-corrected chi connectivity index (χ1v) is 13.2. The molecule has 0 radical (unpaired) electrons. The van der Waals surface area contributed by atoms with E-state index in [4.69, 9.17) is 5.26 Å². The maximum Gasteiger partial charge on any atom is 0.398 e. The predicted octanol–water partition coefficient (Wildman–Crippen LogP) is 8.29. The molecule has 0 N–H and O–H groups in total. The SMILES string of the molecule is CC#N.CC(C)N(CCCc1ccc(C2(C(F)(F)F)CC2)c(C2(C(F)(F)F)CC2)c1)CCc1ccccc1. The van der Waals surface area contributed by atoms with Crippen LogP contribution in [0.2, 0.25) is 0 Å². The largest absolute Gasteiger partial charge is 0.398 e. The van der Waals surface area contributed by atoms with Crippen molar-refractivity contribution in [3.63, 3.8) is 0 Å². The molecular weight excluding hydrogens is 502 g/mol. The lowest BCUT2D eigenvalue weighted by Gasteiger charge is -2.29. The molecule has 0 spiro atoms. The Balaban J connectivity index is 0.00000127. The summed E-state index contributed by atoms with van der Waals surface area (Å²) in [7, 11) is 0. The first-order valence-electron chi connectivity index (χ1n) is 13.2. The number of nitriles is 1. The third kappa shape index (κ3) is 6.54. The molecule has 4 rings (SSSR count). The zero-order chi connectivity index (χ0) is 28.2. The molecule has 2 fully saturated rings. The van der Waals surface area contributed by atoms with Crippen LogP contribution in [0.4, 0.5) is 26.3 Å². The van der Waals surface area contributed by atoms with Gasteiger partial charge < -0.3 is 4.90 Å². The van der Waals surface area contributed by atoms with Gasteiger partial charge >= 0.3 is 12.4 Å². The summed E-state index contributed by atoms with van der Waals surface area (Å²) in [6.07, 6.45) is -7.46. The number of rotatable bonds is 10. The molecule has 0 unspecified atom stereocenters. The van der Waals surface area contributed by atoms with Crippen molar-refractivity contribution < 1.29 is 26.3 Å². The topological polar surface area (TPSA) is 27.0 Å². The molecule has 2 nitrogen and oxygen atoms in total. The third-order valence-corrected chi connectivity index (χ3v) is 7.87. The summed E-state index contributed by atoms with van der Waals surface area (Å²) < 4.78 is 83.5. The second kappa shape index (κ2) is 11.7. The van der Waals surface area contributed by atoms with E-state index in [1.807, 2.05) is 18.2 Å². The van der Waals surface area contributed by atoms with Crippen molar-refractivity contribution in [2.24, 2.45) is 0 Å². The van der Waals surface area contributed by atoms with Gasteiger partial charge in [0.15, 0.2) is 0 Å². The number of hydrogen-bond donors (Lipinski definition) is 0. The van der Waals surface area contributed by atoms with Crippen molar-refractivity contribution >= 4 is 0 Å². The van der Waals surface area contributed by atoms with E-state index in [1.165, 1.54) is 24.6 Å². The molecule has 2 saturated carbocycles. The van der Waals surface area contributed by atoms with Crippen LogP contribution >= 0.6 is 0 Å². The normalized spacial score (nSPS) is 17.5. The Morgan fingerprint density at radius 1 is 0.789 bits per heavy atom. The van der Waals surface area contributed by atoms with E-state index in [9.17, 15) is 26.3 Å². The van der Waals surface area contributed by atoms with Crippen LogP contribution in [0.5, 0.6) is 0 Å². The fourth-order valence-corrected chi connectivity index (χ4v) is 5.25. The molecule has 0 aliphatic heterocycles. The Morgan fingerprint density at radius 2 is 1.32 bits per heavy atom. The lowest BCUT2D eigenvalue weighted by Crippen LogP contribution is -2.35. The van der Waals surface area contributed by atoms with Gasteiger partial charge in [0, 0.05) is 19.5 Å². The van der Waals surface area contributed by atoms with Crippen LogP contribution in [0.1, 0.15) is 75.1 Å². The zero-order valence-corrected chi connectivity index (χ0v) is 22.2. The van der Waals surface area contributed by atoms with Crippen molar-refractivity contribution in [1.29, 1.82) is 5.26 Å². The Bertz CT molecular complexity index is 1090. The number of benzene rings is 2. The number of aryl methyl sites for hydroxylation is 1. The van der Waals surface area contributed by atoms with Gasteiger partial charge in [0.05, 0.1) is 16.9 Å². The summed E-state index contributed by atoms with van der Waals surface area (Å²) in [5.74, 6) is 0. The zero-order valence-electron chi connectivity index (χ0n) is 22.2. The van der Waals surface area contributed by atoms with Gasteiger partial charge in [-0.2, -0.15) is 31.6 Å². The molecule has 0 aromatic heterocycles. The third-order valence-electron chi connectivity index (χ3n) is 7.87. The lowest BCUT2D eigenvalue weighted by atomic mass is 9.81. The Kier molecular flexibility index (Phi) is 9.24. The number of halogens is 6. The monoisotopic (exact) mass is 538 g/mol. The molecule has 2 aromatic carbocycles. The molecule has 2 aliphatic rings. The highest BCUT2D eigenvalue weighted by molar-refractivity contribution is 5.50. The van der Waals surface area contributed by atoms with Crippen LogP contribution in [-0.4, -0.2) is 36.4 Å². The first-order chi connectivity index (χ1) is 17.8. The van der Waals surface area contributed by atoms with Crippen LogP contribution in [0.25, 0.3) is 0 Å². The molecule has 0 saturated heterocycles. The molecule has 208 valence electrons. The molecule has 38 heavy (non-hydrogen) atoms. The van der Waals surface area contributed by atoms with Crippen LogP contribution in [0.15, 0.2) is 48.5 Å². The average Bonchev–Trinajstić information content (AvgIpc) is 3.74. The molecule has 0 bridgehead atoms. The minimum Gasteiger partial charge on any atom is -0.301 e. The van der Waals surface area contributed by atoms with Crippen LogP contribution in [0, 0.1) is 11.3 Å². The van der Waals surface area contributed by atoms with E-state index >= 15 is 0 Å². The summed E-state index contributed by atoms with van der Waals surface area (Å²) in [6.45, 7) is 7.31. The second-order valence-corrected chi connectivity index (χ2v) is 10.7. The maximum absolute atomic E-state index is 14.0. The fraction of sp³-hybridized carbons (Fsp3) is 0.567. The molecule has 0 amide bonds. The summed E-state index contributed by atoms with van der Waals surface area (Å²) in [5.41, 5.74) is -2.60. The van der Waals surface area contributed by atoms with Gasteiger partial charge in [-0.25, -0.2) is 0 Å². The number of nitrogens with zero attached hydrogens (tertiary/aromatic N) is 2. The van der Waals surface area contributed by atoms with Gasteiger partial charge in [0.1, 0.15) is 0 Å². The van der Waals surface area contributed by atoms with Gasteiger partial charge in [-0.3, -0.25) is 0 Å². The van der Waals surface area contributed by atoms with E-state index in [2.05, 4.69) is 30.9 Å². The number of alkyl halides is 6. The smallest absolute Gasteiger partial charge is 0.301 e. The van der Waals surface area contributed by atoms with E-state index in [0.29, 0.717) is 18.0 Å². The summed E-state index contributed by atoms with van der Waals surface area (Å²) in [5, 5.41) is 7.32. The van der Waals surface area contributed by atoms with Gasteiger partial charge in [-0.05, 0) is 87.6 Å². The molecule has 2 aliphatic carbocycles. The van der Waals surface area contributed by atoms with E-state index in [0.717, 1.165) is 25.9 Å². The van der Waals surface area contributed by atoms with Gasteiger partial charge in [0.25, 0.3) is 0 Å². The van der Waals surface area contributed by atoms with Crippen LogP contribution < -0.4 is 0 Å². The first kappa shape index (κ1) is 30.0. The van der Waals surface area contributed by atoms with E-state index in [1.54, 1.807) is 12.1 Å². The molecule has 2 aromatic rings. The molecular formula is C30H36F6N2. The minimum atomic E-state index is -4.55. The standard InChI is InChI=1S/C28H33F6N.C2H3N/c1-20(2)35(18-12-21-7-4-3-5-8-21)17-6-9-22-10-11-23(25(13-14-25)27(29,30)31)24(19-22)26(15-16-26)28(32,33)34;1-2-3/h3-5,7-8,10-11,19-20H,6,9,12-18H2,1-2H3;1H3. The van der Waals surface area contributed by atoms with Gasteiger partial charge in [0.2, 0.25) is 0 Å². The second-order valence-electron chi connectivity index (χ2n) is 10.7. The highest BCUT2D eigenvalue weighted by atomic mass is 19.4. The van der Waals surface area contributed by atoms with Crippen molar-refractivity contribution in [3.8, 4) is 6.07 Å². The Hall–Kier alpha value is -2.53. The Labute approximate surface area is 221 Å².